The first-order valence-corrected chi connectivity index (χ1v) is 18.1. The van der Waals surface area contributed by atoms with Gasteiger partial charge in [0, 0.05) is 16.9 Å². The molecule has 1 nitrogen and oxygen atoms in total. The molecule has 0 radical (unpaired) electrons. The Morgan fingerprint density at radius 1 is 0.346 bits per heavy atom. The maximum atomic E-state index is 2.51. The summed E-state index contributed by atoms with van der Waals surface area (Å²) in [6.07, 6.45) is 0. The second-order valence-corrected chi connectivity index (χ2v) is 13.8. The Bertz CT molecular complexity index is 2390. The van der Waals surface area contributed by atoms with Gasteiger partial charge in [-0.25, -0.2) is 0 Å². The Labute approximate surface area is 307 Å². The normalized spacial score (nSPS) is 12.6. The van der Waals surface area contributed by atoms with E-state index in [0.29, 0.717) is 0 Å². The van der Waals surface area contributed by atoms with Gasteiger partial charge in [-0.2, -0.15) is 0 Å². The van der Waals surface area contributed by atoms with Gasteiger partial charge in [0.15, 0.2) is 0 Å². The van der Waals surface area contributed by atoms with E-state index in [1.165, 1.54) is 72.4 Å². The van der Waals surface area contributed by atoms with Crippen molar-refractivity contribution in [2.45, 2.75) is 19.3 Å². The molecular formula is C51H39N. The van der Waals surface area contributed by atoms with Crippen LogP contribution in [-0.4, -0.2) is 0 Å². The summed E-state index contributed by atoms with van der Waals surface area (Å²) >= 11 is 0. The van der Waals surface area contributed by atoms with Crippen molar-refractivity contribution in [3.8, 4) is 33.4 Å². The van der Waals surface area contributed by atoms with Gasteiger partial charge in [-0.15, -0.1) is 0 Å². The Morgan fingerprint density at radius 3 is 1.29 bits per heavy atom. The quantitative estimate of drug-likeness (QED) is 0.164. The molecule has 0 amide bonds. The summed E-state index contributed by atoms with van der Waals surface area (Å²) in [5.74, 6) is 0. The van der Waals surface area contributed by atoms with E-state index in [4.69, 9.17) is 0 Å². The van der Waals surface area contributed by atoms with Gasteiger partial charge >= 0.3 is 0 Å². The molecule has 0 atom stereocenters. The minimum absolute atomic E-state index is 0.478. The fraction of sp³-hybridized carbons (Fsp3) is 0.0588. The van der Waals surface area contributed by atoms with E-state index in [1.54, 1.807) is 0 Å². The van der Waals surface area contributed by atoms with Crippen LogP contribution in [0.15, 0.2) is 200 Å². The van der Waals surface area contributed by atoms with Gasteiger partial charge in [0.1, 0.15) is 0 Å². The first-order chi connectivity index (χ1) is 25.6. The van der Waals surface area contributed by atoms with Crippen LogP contribution in [0.1, 0.15) is 33.4 Å². The number of hydrogen-bond donors (Lipinski definition) is 0. The van der Waals surface area contributed by atoms with Crippen molar-refractivity contribution in [2.24, 2.45) is 0 Å². The number of rotatable bonds is 7. The molecule has 0 N–H and O–H groups in total. The summed E-state index contributed by atoms with van der Waals surface area (Å²) in [5.41, 5.74) is 18.0. The summed E-state index contributed by atoms with van der Waals surface area (Å²) in [5, 5.41) is 0. The van der Waals surface area contributed by atoms with E-state index in [1.807, 2.05) is 0 Å². The van der Waals surface area contributed by atoms with Crippen LogP contribution in [-0.2, 0) is 5.41 Å². The Balaban J connectivity index is 1.33. The molecule has 8 aromatic rings. The average molecular weight is 666 g/mol. The summed E-state index contributed by atoms with van der Waals surface area (Å²) in [6, 6.07) is 73.2. The molecule has 0 saturated heterocycles. The Morgan fingerprint density at radius 2 is 0.788 bits per heavy atom. The molecule has 1 heteroatoms. The minimum Gasteiger partial charge on any atom is -0.309 e. The number of anilines is 3. The molecule has 0 aromatic heterocycles. The van der Waals surface area contributed by atoms with Gasteiger partial charge in [0.2, 0.25) is 0 Å². The van der Waals surface area contributed by atoms with Crippen LogP contribution in [0.5, 0.6) is 0 Å². The number of benzene rings is 8. The first kappa shape index (κ1) is 31.5. The van der Waals surface area contributed by atoms with Crippen molar-refractivity contribution in [1.29, 1.82) is 0 Å². The van der Waals surface area contributed by atoms with Gasteiger partial charge in [0.25, 0.3) is 0 Å². The molecule has 0 heterocycles. The highest BCUT2D eigenvalue weighted by Crippen LogP contribution is 2.59. The van der Waals surface area contributed by atoms with Crippen LogP contribution in [0, 0.1) is 13.8 Å². The lowest BCUT2D eigenvalue weighted by Crippen LogP contribution is -2.28. The van der Waals surface area contributed by atoms with Crippen LogP contribution in [0.2, 0.25) is 0 Å². The molecule has 0 bridgehead atoms. The zero-order chi connectivity index (χ0) is 35.1. The predicted octanol–water partition coefficient (Wildman–Crippen LogP) is 13.5. The standard InChI is InChI=1S/C51H39N/c1-36-34-40(38-18-7-3-8-19-38)30-32-47(36)52(48-33-31-41(35-37(48)2)39-20-9-4-10-21-39)49-29-17-28-46-50(49)44-26-15-16-27-45(44)51(46,42-22-11-5-12-23-42)43-24-13-6-14-25-43/h3-35H,1-2H3. The summed E-state index contributed by atoms with van der Waals surface area (Å²) in [6.45, 7) is 4.50. The van der Waals surface area contributed by atoms with Gasteiger partial charge in [0.05, 0.1) is 11.1 Å². The maximum Gasteiger partial charge on any atom is 0.0714 e. The lowest BCUT2D eigenvalue weighted by molar-refractivity contribution is 0.768. The van der Waals surface area contributed by atoms with Crippen LogP contribution in [0.25, 0.3) is 33.4 Å². The molecule has 9 rings (SSSR count). The van der Waals surface area contributed by atoms with Gasteiger partial charge in [-0.05, 0) is 105 Å². The topological polar surface area (TPSA) is 3.24 Å². The third-order valence-electron chi connectivity index (χ3n) is 10.8. The zero-order valence-corrected chi connectivity index (χ0v) is 29.5. The summed E-state index contributed by atoms with van der Waals surface area (Å²) < 4.78 is 0. The SMILES string of the molecule is Cc1cc(-c2ccccc2)ccc1N(c1ccc(-c2ccccc2)cc1C)c1cccc2c1-c1ccccc1C2(c1ccccc1)c1ccccc1. The third kappa shape index (κ3) is 5.09. The second-order valence-electron chi connectivity index (χ2n) is 13.8. The molecule has 8 aromatic carbocycles. The molecule has 0 unspecified atom stereocenters. The molecule has 0 saturated carbocycles. The van der Waals surface area contributed by atoms with E-state index in [-0.39, 0.29) is 0 Å². The van der Waals surface area contributed by atoms with Crippen LogP contribution >= 0.6 is 0 Å². The van der Waals surface area contributed by atoms with Crippen LogP contribution < -0.4 is 4.90 Å². The molecule has 0 aliphatic heterocycles. The Hall–Kier alpha value is -6.44. The fourth-order valence-electron chi connectivity index (χ4n) is 8.48. The van der Waals surface area contributed by atoms with Gasteiger partial charge in [-0.3, -0.25) is 0 Å². The van der Waals surface area contributed by atoms with E-state index in [9.17, 15) is 0 Å². The highest BCUT2D eigenvalue weighted by molar-refractivity contribution is 5.98. The minimum atomic E-state index is -0.478. The maximum absolute atomic E-state index is 2.51. The molecule has 0 spiro atoms. The molecule has 248 valence electrons. The number of hydrogen-bond acceptors (Lipinski definition) is 1. The van der Waals surface area contributed by atoms with E-state index < -0.39 is 5.41 Å². The monoisotopic (exact) mass is 665 g/mol. The highest BCUT2D eigenvalue weighted by atomic mass is 15.1. The van der Waals surface area contributed by atoms with E-state index >= 15 is 0 Å². The lowest BCUT2D eigenvalue weighted by Gasteiger charge is -2.35. The molecule has 1 aliphatic rings. The molecule has 1 aliphatic carbocycles. The molecule has 52 heavy (non-hydrogen) atoms. The van der Waals surface area contributed by atoms with Crippen molar-refractivity contribution in [2.75, 3.05) is 4.90 Å². The summed E-state index contributed by atoms with van der Waals surface area (Å²) in [4.78, 5) is 2.51. The molecule has 0 fully saturated rings. The molecular weight excluding hydrogens is 627 g/mol. The van der Waals surface area contributed by atoms with Crippen molar-refractivity contribution in [3.05, 3.63) is 234 Å². The number of nitrogens with zero attached hydrogens (tertiary/aromatic N) is 1. The largest absolute Gasteiger partial charge is 0.309 e. The lowest BCUT2D eigenvalue weighted by atomic mass is 9.68. The van der Waals surface area contributed by atoms with Crippen molar-refractivity contribution >= 4 is 17.1 Å². The summed E-state index contributed by atoms with van der Waals surface area (Å²) in [7, 11) is 0. The van der Waals surface area contributed by atoms with Crippen molar-refractivity contribution in [1.82, 2.24) is 0 Å². The first-order valence-electron chi connectivity index (χ1n) is 18.1. The van der Waals surface area contributed by atoms with Crippen LogP contribution in [0.4, 0.5) is 17.1 Å². The number of aryl methyl sites for hydroxylation is 2. The predicted molar refractivity (Wildman–Crippen MR) is 219 cm³/mol. The fourth-order valence-corrected chi connectivity index (χ4v) is 8.48. The van der Waals surface area contributed by atoms with E-state index in [2.05, 4.69) is 219 Å². The smallest absolute Gasteiger partial charge is 0.0714 e. The van der Waals surface area contributed by atoms with E-state index in [0.717, 1.165) is 11.4 Å². The highest BCUT2D eigenvalue weighted by Gasteiger charge is 2.47. The third-order valence-corrected chi connectivity index (χ3v) is 10.8. The van der Waals surface area contributed by atoms with Gasteiger partial charge < -0.3 is 4.90 Å². The average Bonchev–Trinajstić information content (AvgIpc) is 3.52. The Kier molecular flexibility index (Phi) is 7.90. The van der Waals surface area contributed by atoms with Crippen molar-refractivity contribution < 1.29 is 0 Å². The van der Waals surface area contributed by atoms with Crippen LogP contribution in [0.3, 0.4) is 0 Å². The van der Waals surface area contributed by atoms with Gasteiger partial charge in [-0.1, -0.05) is 170 Å². The zero-order valence-electron chi connectivity index (χ0n) is 29.5. The van der Waals surface area contributed by atoms with Crippen molar-refractivity contribution in [3.63, 3.8) is 0 Å². The second kappa shape index (κ2) is 13.0. The number of fused-ring (bicyclic) bond motifs is 3.